The van der Waals surface area contributed by atoms with E-state index in [1.165, 1.54) is 0 Å². The fraction of sp³-hybridized carbons (Fsp3) is 0.129. The van der Waals surface area contributed by atoms with Crippen LogP contribution in [0.1, 0.15) is 15.9 Å². The largest absolute Gasteiger partial charge is 0.497 e. The van der Waals surface area contributed by atoms with Crippen LogP contribution in [-0.2, 0) is 16.1 Å². The summed E-state index contributed by atoms with van der Waals surface area (Å²) in [5.74, 6) is 0.454. The molecule has 5 rings (SSSR count). The summed E-state index contributed by atoms with van der Waals surface area (Å²) in [6, 6.07) is 28.3. The molecule has 0 saturated carbocycles. The number of nitrogens with one attached hydrogen (secondary N) is 1. The third-order valence-corrected chi connectivity index (χ3v) is 6.28. The number of benzene rings is 4. The third-order valence-electron chi connectivity index (χ3n) is 6.28. The van der Waals surface area contributed by atoms with Gasteiger partial charge in [0.05, 0.1) is 31.0 Å². The molecule has 38 heavy (non-hydrogen) atoms. The lowest BCUT2D eigenvalue weighted by Gasteiger charge is -2.12. The van der Waals surface area contributed by atoms with Crippen LogP contribution in [0.15, 0.2) is 91.0 Å². The number of hydrogen-bond acceptors (Lipinski definition) is 6. The van der Waals surface area contributed by atoms with Crippen molar-refractivity contribution in [3.63, 3.8) is 0 Å². The molecule has 0 unspecified atom stereocenters. The van der Waals surface area contributed by atoms with E-state index in [2.05, 4.69) is 5.32 Å². The maximum absolute atomic E-state index is 13.1. The van der Waals surface area contributed by atoms with Crippen molar-refractivity contribution in [2.45, 2.75) is 6.54 Å². The zero-order chi connectivity index (χ0) is 26.5. The third kappa shape index (κ3) is 5.27. The monoisotopic (exact) mass is 506 g/mol. The van der Waals surface area contributed by atoms with E-state index in [1.807, 2.05) is 84.9 Å². The number of hydrogen-bond donors (Lipinski definition) is 1. The Balaban J connectivity index is 1.36. The van der Waals surface area contributed by atoms with E-state index in [0.29, 0.717) is 27.9 Å². The maximum Gasteiger partial charge on any atom is 0.339 e. The molecule has 0 fully saturated rings. The van der Waals surface area contributed by atoms with Crippen molar-refractivity contribution in [1.29, 1.82) is 0 Å². The Morgan fingerprint density at radius 3 is 2.42 bits per heavy atom. The SMILES string of the molecule is COc1ccc2cc(-c3cc(C(=O)OCC(=O)NCc4ccccc4OC)c4ccccc4n3)ccc2c1. The number of fused-ring (bicyclic) bond motifs is 2. The molecule has 1 N–H and O–H groups in total. The molecule has 7 nitrogen and oxygen atoms in total. The van der Waals surface area contributed by atoms with Gasteiger partial charge in [0, 0.05) is 23.1 Å². The van der Waals surface area contributed by atoms with E-state index in [9.17, 15) is 9.59 Å². The second-order valence-corrected chi connectivity index (χ2v) is 8.66. The minimum absolute atomic E-state index is 0.260. The molecule has 7 heteroatoms. The topological polar surface area (TPSA) is 86.8 Å². The molecular formula is C31H26N2O5. The zero-order valence-corrected chi connectivity index (χ0v) is 21.1. The molecule has 4 aromatic carbocycles. The smallest absolute Gasteiger partial charge is 0.339 e. The van der Waals surface area contributed by atoms with Gasteiger partial charge in [0.25, 0.3) is 5.91 Å². The summed E-state index contributed by atoms with van der Waals surface area (Å²) < 4.78 is 16.0. The number of rotatable bonds is 8. The number of carbonyl (C=O) groups is 2. The van der Waals surface area contributed by atoms with Crippen molar-refractivity contribution in [2.24, 2.45) is 0 Å². The Morgan fingerprint density at radius 1 is 0.816 bits per heavy atom. The Kier molecular flexibility index (Phi) is 7.17. The molecular weight excluding hydrogens is 480 g/mol. The Morgan fingerprint density at radius 2 is 1.58 bits per heavy atom. The Bertz CT molecular complexity index is 1650. The van der Waals surface area contributed by atoms with Gasteiger partial charge in [-0.3, -0.25) is 4.79 Å². The van der Waals surface area contributed by atoms with E-state index in [1.54, 1.807) is 20.3 Å². The van der Waals surface area contributed by atoms with Crippen molar-refractivity contribution in [1.82, 2.24) is 10.3 Å². The average molecular weight is 507 g/mol. The van der Waals surface area contributed by atoms with Gasteiger partial charge in [-0.15, -0.1) is 0 Å². The van der Waals surface area contributed by atoms with Crippen LogP contribution >= 0.6 is 0 Å². The van der Waals surface area contributed by atoms with Gasteiger partial charge in [0.2, 0.25) is 0 Å². The summed E-state index contributed by atoms with van der Waals surface area (Å²) in [5.41, 5.74) is 3.32. The predicted molar refractivity (Wildman–Crippen MR) is 146 cm³/mol. The first-order valence-electron chi connectivity index (χ1n) is 12.1. The normalized spacial score (nSPS) is 10.8. The van der Waals surface area contributed by atoms with Gasteiger partial charge in [-0.1, -0.05) is 54.6 Å². The van der Waals surface area contributed by atoms with E-state index >= 15 is 0 Å². The minimum Gasteiger partial charge on any atom is -0.497 e. The Labute approximate surface area is 220 Å². The number of methoxy groups -OCH3 is 2. The second kappa shape index (κ2) is 11.0. The molecule has 0 bridgehead atoms. The second-order valence-electron chi connectivity index (χ2n) is 8.66. The number of amides is 1. The van der Waals surface area contributed by atoms with Gasteiger partial charge in [-0.25, -0.2) is 9.78 Å². The molecule has 5 aromatic rings. The van der Waals surface area contributed by atoms with Crippen LogP contribution in [0.5, 0.6) is 11.5 Å². The zero-order valence-electron chi connectivity index (χ0n) is 21.1. The first kappa shape index (κ1) is 24.8. The molecule has 0 radical (unpaired) electrons. The van der Waals surface area contributed by atoms with E-state index in [4.69, 9.17) is 19.2 Å². The molecule has 0 aliphatic rings. The van der Waals surface area contributed by atoms with Crippen LogP contribution in [-0.4, -0.2) is 37.7 Å². The molecule has 0 atom stereocenters. The lowest BCUT2D eigenvalue weighted by Crippen LogP contribution is -2.28. The molecule has 1 heterocycles. The van der Waals surface area contributed by atoms with Gasteiger partial charge >= 0.3 is 5.97 Å². The van der Waals surface area contributed by atoms with E-state index < -0.39 is 18.5 Å². The molecule has 0 saturated heterocycles. The van der Waals surface area contributed by atoms with Crippen LogP contribution in [0.4, 0.5) is 0 Å². The quantitative estimate of drug-likeness (QED) is 0.278. The summed E-state index contributed by atoms with van der Waals surface area (Å²) in [5, 5.41) is 5.47. The number of esters is 1. The van der Waals surface area contributed by atoms with Gasteiger partial charge < -0.3 is 19.5 Å². The molecule has 1 aromatic heterocycles. The van der Waals surface area contributed by atoms with Crippen LogP contribution in [0.25, 0.3) is 32.9 Å². The highest BCUT2D eigenvalue weighted by Crippen LogP contribution is 2.29. The number of para-hydroxylation sites is 2. The summed E-state index contributed by atoms with van der Waals surface area (Å²) >= 11 is 0. The number of carbonyl (C=O) groups excluding carboxylic acids is 2. The van der Waals surface area contributed by atoms with Crippen LogP contribution < -0.4 is 14.8 Å². The van der Waals surface area contributed by atoms with Gasteiger partial charge in [0.1, 0.15) is 11.5 Å². The lowest BCUT2D eigenvalue weighted by molar-refractivity contribution is -0.124. The predicted octanol–water partition coefficient (Wildman–Crippen LogP) is 5.55. The summed E-state index contributed by atoms with van der Waals surface area (Å²) in [4.78, 5) is 30.3. The van der Waals surface area contributed by atoms with Crippen molar-refractivity contribution in [3.05, 3.63) is 102 Å². The molecule has 0 aliphatic heterocycles. The highest BCUT2D eigenvalue weighted by atomic mass is 16.5. The number of aromatic nitrogens is 1. The summed E-state index contributed by atoms with van der Waals surface area (Å²) in [6.07, 6.45) is 0. The summed E-state index contributed by atoms with van der Waals surface area (Å²) in [7, 11) is 3.21. The van der Waals surface area contributed by atoms with Crippen LogP contribution in [0.3, 0.4) is 0 Å². The van der Waals surface area contributed by atoms with Crippen LogP contribution in [0, 0.1) is 0 Å². The number of nitrogens with zero attached hydrogens (tertiary/aromatic N) is 1. The summed E-state index contributed by atoms with van der Waals surface area (Å²) in [6.45, 7) is -0.145. The lowest BCUT2D eigenvalue weighted by atomic mass is 10.0. The number of ether oxygens (including phenoxy) is 3. The Hall–Kier alpha value is -4.91. The minimum atomic E-state index is -0.595. The van der Waals surface area contributed by atoms with Crippen LogP contribution in [0.2, 0.25) is 0 Å². The van der Waals surface area contributed by atoms with Crippen molar-refractivity contribution in [2.75, 3.05) is 20.8 Å². The molecule has 190 valence electrons. The van der Waals surface area contributed by atoms with Crippen molar-refractivity contribution >= 4 is 33.6 Å². The standard InChI is InChI=1S/C31H26N2O5/c1-36-24-14-13-20-15-22(12-11-21(20)16-24)28-17-26(25-8-4-5-9-27(25)33-28)31(35)38-19-30(34)32-18-23-7-3-6-10-29(23)37-2/h3-17H,18-19H2,1-2H3,(H,32,34). The van der Waals surface area contributed by atoms with Crippen molar-refractivity contribution < 1.29 is 23.8 Å². The first-order valence-corrected chi connectivity index (χ1v) is 12.1. The fourth-order valence-corrected chi connectivity index (χ4v) is 4.30. The van der Waals surface area contributed by atoms with Gasteiger partial charge in [-0.05, 0) is 47.2 Å². The highest BCUT2D eigenvalue weighted by molar-refractivity contribution is 6.05. The van der Waals surface area contributed by atoms with E-state index in [-0.39, 0.29) is 6.54 Å². The molecule has 1 amide bonds. The van der Waals surface area contributed by atoms with Gasteiger partial charge in [0.15, 0.2) is 6.61 Å². The highest BCUT2D eigenvalue weighted by Gasteiger charge is 2.17. The van der Waals surface area contributed by atoms with E-state index in [0.717, 1.165) is 27.6 Å². The first-order chi connectivity index (χ1) is 18.6. The van der Waals surface area contributed by atoms with Gasteiger partial charge in [-0.2, -0.15) is 0 Å². The molecule has 0 spiro atoms. The van der Waals surface area contributed by atoms with Crippen molar-refractivity contribution in [3.8, 4) is 22.8 Å². The maximum atomic E-state index is 13.1. The number of pyridine rings is 1. The fourth-order valence-electron chi connectivity index (χ4n) is 4.30. The average Bonchev–Trinajstić information content (AvgIpc) is 2.97. The molecule has 0 aliphatic carbocycles.